The third-order valence-electron chi connectivity index (χ3n) is 6.54. The second-order valence-electron chi connectivity index (χ2n) is 11.0. The van der Waals surface area contributed by atoms with E-state index in [1.807, 2.05) is 6.20 Å². The molecular weight excluding hydrogens is 547 g/mol. The molecule has 2 N–H and O–H groups in total. The molecule has 4 rings (SSSR count). The molecule has 1 amide bonds. The zero-order valence-corrected chi connectivity index (χ0v) is 23.2. The molecular formula is C27H34F3N5O6. The first-order chi connectivity index (χ1) is 19.3. The number of carbonyl (C=O) groups excluding carboxylic acids is 3. The third-order valence-corrected chi connectivity index (χ3v) is 6.54. The van der Waals surface area contributed by atoms with E-state index in [9.17, 15) is 27.6 Å². The monoisotopic (exact) mass is 581 g/mol. The largest absolute Gasteiger partial charge is 0.493 e. The number of carbonyl (C=O) groups is 3. The molecule has 0 unspecified atom stereocenters. The molecule has 0 radical (unpaired) electrons. The number of imidazole rings is 1. The van der Waals surface area contributed by atoms with Crippen molar-refractivity contribution in [3.8, 4) is 5.75 Å². The number of rotatable bonds is 9. The second-order valence-corrected chi connectivity index (χ2v) is 11.0. The Labute approximate surface area is 235 Å². The summed E-state index contributed by atoms with van der Waals surface area (Å²) in [5.74, 6) is -2.16. The molecule has 2 aromatic rings. The van der Waals surface area contributed by atoms with Crippen molar-refractivity contribution in [2.24, 2.45) is 11.3 Å². The van der Waals surface area contributed by atoms with Crippen LogP contribution in [0.25, 0.3) is 0 Å². The maximum absolute atomic E-state index is 13.4. The van der Waals surface area contributed by atoms with Crippen LogP contribution < -0.4 is 15.5 Å². The number of nitrogens with zero attached hydrogens (tertiary/aromatic N) is 3. The fraction of sp³-hybridized carbons (Fsp3) is 0.556. The highest BCUT2D eigenvalue weighted by molar-refractivity contribution is 5.85. The Balaban J connectivity index is 1.41. The van der Waals surface area contributed by atoms with Crippen LogP contribution in [-0.4, -0.2) is 71.6 Å². The van der Waals surface area contributed by atoms with Gasteiger partial charge in [0.2, 0.25) is 18.6 Å². The second kappa shape index (κ2) is 12.3. The van der Waals surface area contributed by atoms with Crippen molar-refractivity contribution in [1.29, 1.82) is 0 Å². The minimum absolute atomic E-state index is 0.0416. The van der Waals surface area contributed by atoms with E-state index in [1.54, 1.807) is 43.6 Å². The van der Waals surface area contributed by atoms with Crippen molar-refractivity contribution in [3.05, 3.63) is 41.2 Å². The van der Waals surface area contributed by atoms with Crippen molar-refractivity contribution in [1.82, 2.24) is 14.6 Å². The predicted molar refractivity (Wildman–Crippen MR) is 140 cm³/mol. The molecule has 0 fully saturated rings. The molecule has 0 saturated heterocycles. The summed E-state index contributed by atoms with van der Waals surface area (Å²) in [6.07, 6.45) is -2.68. The number of ether oxygens (including phenoxy) is 3. The summed E-state index contributed by atoms with van der Waals surface area (Å²) in [6.45, 7) is 4.33. The first-order valence-electron chi connectivity index (χ1n) is 13.3. The Hall–Kier alpha value is -3.97. The van der Waals surface area contributed by atoms with Crippen molar-refractivity contribution in [2.75, 3.05) is 43.8 Å². The zero-order chi connectivity index (χ0) is 29.8. The van der Waals surface area contributed by atoms with Gasteiger partial charge in [0.15, 0.2) is 0 Å². The lowest BCUT2D eigenvalue weighted by molar-refractivity contribution is -0.175. The molecule has 1 aromatic carbocycles. The Morgan fingerprint density at radius 2 is 1.90 bits per heavy atom. The average Bonchev–Trinajstić information content (AvgIpc) is 3.25. The van der Waals surface area contributed by atoms with Crippen molar-refractivity contribution in [2.45, 2.75) is 52.8 Å². The first-order valence-corrected chi connectivity index (χ1v) is 13.3. The maximum Gasteiger partial charge on any atom is 0.406 e. The number of hydrogen-bond donors (Lipinski definition) is 2. The normalized spacial score (nSPS) is 17.0. The molecule has 0 bridgehead atoms. The van der Waals surface area contributed by atoms with Gasteiger partial charge < -0.3 is 29.9 Å². The summed E-state index contributed by atoms with van der Waals surface area (Å²) in [5, 5.41) is 3.18. The van der Waals surface area contributed by atoms with Gasteiger partial charge in [-0.2, -0.15) is 13.2 Å². The van der Waals surface area contributed by atoms with E-state index in [1.165, 1.54) is 0 Å². The molecule has 0 saturated carbocycles. The molecule has 1 aromatic heterocycles. The maximum atomic E-state index is 13.4. The summed E-state index contributed by atoms with van der Waals surface area (Å²) >= 11 is 0. The van der Waals surface area contributed by atoms with Crippen molar-refractivity contribution >= 4 is 23.8 Å². The number of alkyl halides is 3. The van der Waals surface area contributed by atoms with Crippen molar-refractivity contribution in [3.63, 3.8) is 0 Å². The van der Waals surface area contributed by atoms with E-state index in [0.29, 0.717) is 28.2 Å². The topological polar surface area (TPSA) is 124 Å². The third kappa shape index (κ3) is 8.27. The molecule has 41 heavy (non-hydrogen) atoms. The highest BCUT2D eigenvalue weighted by Crippen LogP contribution is 2.30. The summed E-state index contributed by atoms with van der Waals surface area (Å²) in [6, 6.07) is 5.01. The summed E-state index contributed by atoms with van der Waals surface area (Å²) < 4.78 is 57.6. The van der Waals surface area contributed by atoms with E-state index in [-0.39, 0.29) is 19.6 Å². The molecule has 2 aliphatic rings. The van der Waals surface area contributed by atoms with Gasteiger partial charge in [-0.05, 0) is 50.5 Å². The molecule has 1 atom stereocenters. The van der Waals surface area contributed by atoms with E-state index in [4.69, 9.17) is 14.2 Å². The minimum Gasteiger partial charge on any atom is -0.493 e. The SMILES string of the molecule is CC(C)(C)C(=O)OCOC(=O)C[C@@H]1Cc2ccc(OCCc3cn4c(n3)NCCN4)cc2CN(CC(F)(F)F)C1=O. The van der Waals surface area contributed by atoms with Crippen LogP contribution >= 0.6 is 0 Å². The van der Waals surface area contributed by atoms with Crippen LogP contribution in [0.2, 0.25) is 0 Å². The van der Waals surface area contributed by atoms with Crippen LogP contribution in [0.5, 0.6) is 5.75 Å². The van der Waals surface area contributed by atoms with Gasteiger partial charge in [0.1, 0.15) is 12.3 Å². The van der Waals surface area contributed by atoms with Crippen LogP contribution in [-0.2, 0) is 43.2 Å². The van der Waals surface area contributed by atoms with Crippen LogP contribution in [0, 0.1) is 11.3 Å². The number of benzene rings is 1. The van der Waals surface area contributed by atoms with Crippen molar-refractivity contribution < 1.29 is 41.8 Å². The molecule has 2 aliphatic heterocycles. The number of nitrogens with one attached hydrogen (secondary N) is 2. The fourth-order valence-electron chi connectivity index (χ4n) is 4.49. The number of amides is 1. The van der Waals surface area contributed by atoms with Gasteiger partial charge in [0, 0.05) is 26.1 Å². The highest BCUT2D eigenvalue weighted by atomic mass is 19.4. The van der Waals surface area contributed by atoms with Crippen LogP contribution in [0.1, 0.15) is 44.0 Å². The van der Waals surface area contributed by atoms with Gasteiger partial charge in [-0.15, -0.1) is 0 Å². The lowest BCUT2D eigenvalue weighted by Gasteiger charge is -2.25. The van der Waals surface area contributed by atoms with Gasteiger partial charge in [0.05, 0.1) is 36.3 Å². The Morgan fingerprint density at radius 1 is 1.12 bits per heavy atom. The number of esters is 2. The molecule has 0 aliphatic carbocycles. The number of halogens is 3. The number of fused-ring (bicyclic) bond motifs is 2. The number of anilines is 1. The first kappa shape index (κ1) is 30.0. The standard InChI is InChI=1S/C27H34F3N5O6/c1-26(2,3)24(38)41-16-40-22(36)12-18-10-17-4-5-21(11-19(17)13-34(23(18)37)15-27(28,29)30)39-9-6-20-14-35-25(33-20)31-7-8-32-35/h4-5,11,14,18,32H,6-10,12-13,15-16H2,1-3H3,(H,31,33)/t18-/m0/s1. The Kier molecular flexibility index (Phi) is 8.98. The van der Waals surface area contributed by atoms with Gasteiger partial charge in [0.25, 0.3) is 0 Å². The van der Waals surface area contributed by atoms with E-state index < -0.39 is 55.1 Å². The number of aromatic nitrogens is 2. The van der Waals surface area contributed by atoms with Crippen LogP contribution in [0.4, 0.5) is 19.1 Å². The summed E-state index contributed by atoms with van der Waals surface area (Å²) in [5.41, 5.74) is 4.31. The number of hydrogen-bond acceptors (Lipinski definition) is 9. The minimum atomic E-state index is -4.63. The molecule has 14 heteroatoms. The fourth-order valence-corrected chi connectivity index (χ4v) is 4.49. The van der Waals surface area contributed by atoms with Gasteiger partial charge in [-0.3, -0.25) is 14.4 Å². The molecule has 3 heterocycles. The summed E-state index contributed by atoms with van der Waals surface area (Å²) in [4.78, 5) is 42.6. The van der Waals surface area contributed by atoms with E-state index in [2.05, 4.69) is 15.7 Å². The van der Waals surface area contributed by atoms with E-state index >= 15 is 0 Å². The smallest absolute Gasteiger partial charge is 0.406 e. The lowest BCUT2D eigenvalue weighted by Crippen LogP contribution is -2.41. The van der Waals surface area contributed by atoms with Crippen LogP contribution in [0.3, 0.4) is 0 Å². The summed E-state index contributed by atoms with van der Waals surface area (Å²) in [7, 11) is 0. The Morgan fingerprint density at radius 3 is 2.61 bits per heavy atom. The van der Waals surface area contributed by atoms with Gasteiger partial charge in [-0.1, -0.05) is 6.07 Å². The highest BCUT2D eigenvalue weighted by Gasteiger charge is 2.38. The average molecular weight is 582 g/mol. The molecule has 11 nitrogen and oxygen atoms in total. The quantitative estimate of drug-likeness (QED) is 0.340. The van der Waals surface area contributed by atoms with E-state index in [0.717, 1.165) is 24.7 Å². The lowest BCUT2D eigenvalue weighted by atomic mass is 9.94. The predicted octanol–water partition coefficient (Wildman–Crippen LogP) is 3.02. The van der Waals surface area contributed by atoms with Crippen LogP contribution in [0.15, 0.2) is 24.4 Å². The van der Waals surface area contributed by atoms with Gasteiger partial charge in [-0.25, -0.2) is 9.66 Å². The molecule has 224 valence electrons. The van der Waals surface area contributed by atoms with Gasteiger partial charge >= 0.3 is 18.1 Å². The zero-order valence-electron chi connectivity index (χ0n) is 23.2. The Bertz CT molecular complexity index is 1250. The molecule has 0 spiro atoms.